The summed E-state index contributed by atoms with van der Waals surface area (Å²) >= 11 is 1.23. The molecular weight excluding hydrogens is 402 g/mol. The van der Waals surface area contributed by atoms with Gasteiger partial charge < -0.3 is 16.0 Å². The van der Waals surface area contributed by atoms with Gasteiger partial charge >= 0.3 is 0 Å². The van der Waals surface area contributed by atoms with E-state index in [1.165, 1.54) is 18.7 Å². The Bertz CT molecular complexity index is 1020. The number of rotatable bonds is 7. The second-order valence-corrected chi connectivity index (χ2v) is 7.17. The first kappa shape index (κ1) is 21.0. The summed E-state index contributed by atoms with van der Waals surface area (Å²) in [5.74, 6) is -0.144. The molecule has 30 heavy (non-hydrogen) atoms. The maximum atomic E-state index is 12.1. The van der Waals surface area contributed by atoms with Crippen LogP contribution in [0.3, 0.4) is 0 Å². The third-order valence-corrected chi connectivity index (χ3v) is 4.68. The van der Waals surface area contributed by atoms with Crippen molar-refractivity contribution in [3.8, 4) is 0 Å². The van der Waals surface area contributed by atoms with Crippen molar-refractivity contribution in [3.63, 3.8) is 0 Å². The van der Waals surface area contributed by atoms with E-state index < -0.39 is 0 Å². The van der Waals surface area contributed by atoms with Gasteiger partial charge in [0.25, 0.3) is 5.91 Å². The van der Waals surface area contributed by atoms with Crippen molar-refractivity contribution in [2.24, 2.45) is 0 Å². The molecule has 0 aliphatic rings. The van der Waals surface area contributed by atoms with Crippen LogP contribution in [-0.4, -0.2) is 33.7 Å². The molecule has 0 fully saturated rings. The number of carbonyl (C=O) groups is 3. The first-order valence-electron chi connectivity index (χ1n) is 9.00. The van der Waals surface area contributed by atoms with Gasteiger partial charge in [-0.25, -0.2) is 0 Å². The number of nitrogens with one attached hydrogen (secondary N) is 3. The van der Waals surface area contributed by atoms with Crippen LogP contribution >= 0.6 is 11.8 Å². The van der Waals surface area contributed by atoms with Crippen LogP contribution in [0.2, 0.25) is 0 Å². The summed E-state index contributed by atoms with van der Waals surface area (Å²) in [5.41, 5.74) is 1.81. The molecule has 0 atom stereocenters. The zero-order valence-electron chi connectivity index (χ0n) is 16.1. The van der Waals surface area contributed by atoms with Gasteiger partial charge in [-0.3, -0.25) is 14.4 Å². The van der Waals surface area contributed by atoms with E-state index in [9.17, 15) is 14.4 Å². The molecule has 9 heteroatoms. The standard InChI is InChI=1S/C21H19N5O3S/c1-14(27)22-16-7-9-17(10-8-16)23-19(28)13-30-20-12-11-18(25-26-20)24-21(29)15-5-3-2-4-6-15/h2-12H,13H2,1H3,(H,22,27)(H,23,28)(H,24,25,29). The highest BCUT2D eigenvalue weighted by Gasteiger charge is 2.08. The summed E-state index contributed by atoms with van der Waals surface area (Å²) < 4.78 is 0. The SMILES string of the molecule is CC(=O)Nc1ccc(NC(=O)CSc2ccc(NC(=O)c3ccccc3)nn2)cc1. The molecule has 3 aromatic rings. The lowest BCUT2D eigenvalue weighted by atomic mass is 10.2. The number of aromatic nitrogens is 2. The molecule has 0 saturated carbocycles. The van der Waals surface area contributed by atoms with Crippen molar-refractivity contribution in [1.82, 2.24) is 10.2 Å². The van der Waals surface area contributed by atoms with Crippen molar-refractivity contribution in [2.45, 2.75) is 11.9 Å². The summed E-state index contributed by atoms with van der Waals surface area (Å²) in [4.78, 5) is 35.2. The number of anilines is 3. The fourth-order valence-electron chi connectivity index (χ4n) is 2.42. The van der Waals surface area contributed by atoms with Gasteiger partial charge in [0.2, 0.25) is 11.8 Å². The van der Waals surface area contributed by atoms with Gasteiger partial charge in [-0.2, -0.15) is 0 Å². The highest BCUT2D eigenvalue weighted by molar-refractivity contribution is 7.99. The van der Waals surface area contributed by atoms with E-state index in [1.807, 2.05) is 6.07 Å². The number of nitrogens with zero attached hydrogens (tertiary/aromatic N) is 2. The van der Waals surface area contributed by atoms with E-state index in [4.69, 9.17) is 0 Å². The molecule has 0 unspecified atom stereocenters. The molecule has 0 radical (unpaired) electrons. The van der Waals surface area contributed by atoms with Crippen LogP contribution in [0.4, 0.5) is 17.2 Å². The smallest absolute Gasteiger partial charge is 0.256 e. The summed E-state index contributed by atoms with van der Waals surface area (Å²) in [6, 6.07) is 19.0. The Hall–Kier alpha value is -3.72. The van der Waals surface area contributed by atoms with Gasteiger partial charge in [-0.05, 0) is 48.5 Å². The van der Waals surface area contributed by atoms with E-state index in [2.05, 4.69) is 26.1 Å². The van der Waals surface area contributed by atoms with Gasteiger partial charge in [-0.15, -0.1) is 10.2 Å². The topological polar surface area (TPSA) is 113 Å². The van der Waals surface area contributed by atoms with Gasteiger partial charge in [0.15, 0.2) is 5.82 Å². The quantitative estimate of drug-likeness (QED) is 0.504. The lowest BCUT2D eigenvalue weighted by molar-refractivity contribution is -0.114. The van der Waals surface area contributed by atoms with E-state index in [1.54, 1.807) is 60.7 Å². The number of benzene rings is 2. The molecule has 0 aliphatic carbocycles. The fraction of sp³-hybridized carbons (Fsp3) is 0.0952. The lowest BCUT2D eigenvalue weighted by Gasteiger charge is -2.07. The second kappa shape index (κ2) is 10.2. The Kier molecular flexibility index (Phi) is 7.12. The van der Waals surface area contributed by atoms with Crippen LogP contribution in [0.1, 0.15) is 17.3 Å². The Morgan fingerprint density at radius 2 is 1.47 bits per heavy atom. The molecule has 1 heterocycles. The first-order chi connectivity index (χ1) is 14.5. The Morgan fingerprint density at radius 3 is 2.07 bits per heavy atom. The average Bonchev–Trinajstić information content (AvgIpc) is 2.75. The lowest BCUT2D eigenvalue weighted by Crippen LogP contribution is -2.15. The molecule has 0 spiro atoms. The van der Waals surface area contributed by atoms with Crippen molar-refractivity contribution < 1.29 is 14.4 Å². The van der Waals surface area contributed by atoms with Crippen LogP contribution in [0, 0.1) is 0 Å². The number of carbonyl (C=O) groups excluding carboxylic acids is 3. The zero-order chi connectivity index (χ0) is 21.3. The minimum Gasteiger partial charge on any atom is -0.326 e. The van der Waals surface area contributed by atoms with Gasteiger partial charge in [0.05, 0.1) is 5.75 Å². The summed E-state index contributed by atoms with van der Waals surface area (Å²) in [5, 5.41) is 16.7. The molecule has 3 rings (SSSR count). The molecular formula is C21H19N5O3S. The van der Waals surface area contributed by atoms with Crippen LogP contribution in [0.5, 0.6) is 0 Å². The maximum absolute atomic E-state index is 12.1. The van der Waals surface area contributed by atoms with E-state index >= 15 is 0 Å². The van der Waals surface area contributed by atoms with E-state index in [0.29, 0.717) is 27.8 Å². The number of hydrogen-bond acceptors (Lipinski definition) is 6. The van der Waals surface area contributed by atoms with Crippen LogP contribution in [-0.2, 0) is 9.59 Å². The zero-order valence-corrected chi connectivity index (χ0v) is 16.9. The van der Waals surface area contributed by atoms with Crippen molar-refractivity contribution in [3.05, 3.63) is 72.3 Å². The maximum Gasteiger partial charge on any atom is 0.256 e. The first-order valence-corrected chi connectivity index (χ1v) is 9.98. The fourth-order valence-corrected chi connectivity index (χ4v) is 3.03. The van der Waals surface area contributed by atoms with Gasteiger partial charge in [0.1, 0.15) is 5.03 Å². The molecule has 0 bridgehead atoms. The molecule has 0 saturated heterocycles. The van der Waals surface area contributed by atoms with Crippen LogP contribution in [0.15, 0.2) is 71.8 Å². The predicted octanol–water partition coefficient (Wildman–Crippen LogP) is 3.42. The van der Waals surface area contributed by atoms with E-state index in [-0.39, 0.29) is 23.5 Å². The van der Waals surface area contributed by atoms with Crippen molar-refractivity contribution >= 4 is 46.7 Å². The normalized spacial score (nSPS) is 10.2. The summed E-state index contributed by atoms with van der Waals surface area (Å²) in [6.45, 7) is 1.43. The number of thioether (sulfide) groups is 1. The third-order valence-electron chi connectivity index (χ3n) is 3.76. The number of hydrogen-bond donors (Lipinski definition) is 3. The van der Waals surface area contributed by atoms with Crippen molar-refractivity contribution in [1.29, 1.82) is 0 Å². The minimum absolute atomic E-state index is 0.151. The second-order valence-electron chi connectivity index (χ2n) is 6.17. The molecule has 3 amide bonds. The third kappa shape index (κ3) is 6.42. The molecule has 8 nitrogen and oxygen atoms in total. The Labute approximate surface area is 177 Å². The van der Waals surface area contributed by atoms with Gasteiger partial charge in [-0.1, -0.05) is 30.0 Å². The highest BCUT2D eigenvalue weighted by atomic mass is 32.2. The minimum atomic E-state index is -0.269. The average molecular weight is 421 g/mol. The monoisotopic (exact) mass is 421 g/mol. The summed E-state index contributed by atoms with van der Waals surface area (Å²) in [6.07, 6.45) is 0. The molecule has 3 N–H and O–H groups in total. The van der Waals surface area contributed by atoms with E-state index in [0.717, 1.165) is 0 Å². The Morgan fingerprint density at radius 1 is 0.800 bits per heavy atom. The summed E-state index contributed by atoms with van der Waals surface area (Å²) in [7, 11) is 0. The molecule has 2 aromatic carbocycles. The molecule has 0 aliphatic heterocycles. The molecule has 152 valence electrons. The largest absolute Gasteiger partial charge is 0.326 e. The van der Waals surface area contributed by atoms with Crippen LogP contribution < -0.4 is 16.0 Å². The Balaban J connectivity index is 1.47. The predicted molar refractivity (Wildman–Crippen MR) is 117 cm³/mol. The molecule has 1 aromatic heterocycles. The number of amides is 3. The highest BCUT2D eigenvalue weighted by Crippen LogP contribution is 2.18. The van der Waals surface area contributed by atoms with Crippen molar-refractivity contribution in [2.75, 3.05) is 21.7 Å². The van der Waals surface area contributed by atoms with Crippen LogP contribution in [0.25, 0.3) is 0 Å². The van der Waals surface area contributed by atoms with Gasteiger partial charge in [0, 0.05) is 23.9 Å².